The summed E-state index contributed by atoms with van der Waals surface area (Å²) in [7, 11) is 1.94. The van der Waals surface area contributed by atoms with E-state index in [0.717, 1.165) is 22.0 Å². The number of nitrogens with zero attached hydrogens (tertiary/aromatic N) is 2. The maximum atomic E-state index is 12.1. The van der Waals surface area contributed by atoms with Gasteiger partial charge >= 0.3 is 5.97 Å². The van der Waals surface area contributed by atoms with Crippen LogP contribution in [0.25, 0.3) is 11.3 Å². The van der Waals surface area contributed by atoms with Gasteiger partial charge in [-0.25, -0.2) is 4.98 Å². The van der Waals surface area contributed by atoms with Gasteiger partial charge in [0.2, 0.25) is 0 Å². The molecule has 2 aromatic carbocycles. The SMILES string of the molecule is CC(NC(=O)c1ccc(CN(C)c2nc(-c3ccc(Cl)c(Cl)c3)cs2)cc1)C(=O)O. The number of thiazole rings is 1. The number of hydrogen-bond donors (Lipinski definition) is 2. The molecule has 0 saturated heterocycles. The highest BCUT2D eigenvalue weighted by molar-refractivity contribution is 7.14. The molecule has 30 heavy (non-hydrogen) atoms. The molecule has 1 unspecified atom stereocenters. The van der Waals surface area contributed by atoms with Crippen LogP contribution in [0.5, 0.6) is 0 Å². The number of halogens is 2. The Morgan fingerprint density at radius 3 is 2.50 bits per heavy atom. The number of carbonyl (C=O) groups excluding carboxylic acids is 1. The largest absolute Gasteiger partial charge is 0.480 e. The zero-order chi connectivity index (χ0) is 21.8. The van der Waals surface area contributed by atoms with Crippen molar-refractivity contribution in [3.05, 3.63) is 69.0 Å². The molecule has 1 aromatic heterocycles. The van der Waals surface area contributed by atoms with Gasteiger partial charge in [-0.3, -0.25) is 9.59 Å². The number of rotatable bonds is 7. The van der Waals surface area contributed by atoms with Crippen LogP contribution in [0.1, 0.15) is 22.8 Å². The fourth-order valence-corrected chi connectivity index (χ4v) is 3.77. The van der Waals surface area contributed by atoms with Gasteiger partial charge < -0.3 is 15.3 Å². The van der Waals surface area contributed by atoms with Crippen LogP contribution in [0.4, 0.5) is 5.13 Å². The summed E-state index contributed by atoms with van der Waals surface area (Å²) in [4.78, 5) is 29.6. The van der Waals surface area contributed by atoms with Crippen molar-refractivity contribution in [2.45, 2.75) is 19.5 Å². The molecule has 3 aromatic rings. The Morgan fingerprint density at radius 2 is 1.87 bits per heavy atom. The summed E-state index contributed by atoms with van der Waals surface area (Å²) < 4.78 is 0. The van der Waals surface area contributed by atoms with Crippen LogP contribution >= 0.6 is 34.5 Å². The molecule has 1 amide bonds. The normalized spacial score (nSPS) is 11.7. The number of hydrogen-bond acceptors (Lipinski definition) is 5. The predicted octanol–water partition coefficient (Wildman–Crippen LogP) is 4.96. The second kappa shape index (κ2) is 9.47. The highest BCUT2D eigenvalue weighted by Gasteiger charge is 2.15. The molecule has 0 bridgehead atoms. The molecule has 0 radical (unpaired) electrons. The van der Waals surface area contributed by atoms with Gasteiger partial charge in [-0.2, -0.15) is 0 Å². The average molecular weight is 464 g/mol. The van der Waals surface area contributed by atoms with Crippen LogP contribution in [-0.2, 0) is 11.3 Å². The topological polar surface area (TPSA) is 82.5 Å². The molecule has 0 saturated carbocycles. The standard InChI is InChI=1S/C21H19Cl2N3O3S/c1-12(20(28)29)24-19(27)14-5-3-13(4-6-14)10-26(2)21-25-18(11-30-21)15-7-8-16(22)17(23)9-15/h3-9,11-12H,10H2,1-2H3,(H,24,27)(H,28,29). The number of anilines is 1. The molecule has 9 heteroatoms. The Bertz CT molecular complexity index is 1070. The van der Waals surface area contributed by atoms with Crippen molar-refractivity contribution in [2.75, 3.05) is 11.9 Å². The van der Waals surface area contributed by atoms with Crippen molar-refractivity contribution < 1.29 is 14.7 Å². The number of carboxylic acids is 1. The number of aromatic nitrogens is 1. The molecule has 0 aliphatic heterocycles. The summed E-state index contributed by atoms with van der Waals surface area (Å²) >= 11 is 13.6. The molecule has 156 valence electrons. The third kappa shape index (κ3) is 5.30. The van der Waals surface area contributed by atoms with Gasteiger partial charge in [-0.1, -0.05) is 41.4 Å². The average Bonchev–Trinajstić information content (AvgIpc) is 3.21. The van der Waals surface area contributed by atoms with Crippen LogP contribution in [0.2, 0.25) is 10.0 Å². The summed E-state index contributed by atoms with van der Waals surface area (Å²) in [5.41, 5.74) is 3.11. The van der Waals surface area contributed by atoms with Crippen LogP contribution in [0.15, 0.2) is 47.8 Å². The smallest absolute Gasteiger partial charge is 0.325 e. The molecule has 0 aliphatic rings. The molecule has 2 N–H and O–H groups in total. The molecule has 0 aliphatic carbocycles. The lowest BCUT2D eigenvalue weighted by Crippen LogP contribution is -2.38. The first kappa shape index (κ1) is 22.1. The molecular weight excluding hydrogens is 445 g/mol. The van der Waals surface area contributed by atoms with Crippen LogP contribution < -0.4 is 10.2 Å². The van der Waals surface area contributed by atoms with Crippen molar-refractivity contribution in [3.63, 3.8) is 0 Å². The van der Waals surface area contributed by atoms with E-state index >= 15 is 0 Å². The first-order valence-corrected chi connectivity index (χ1v) is 10.6. The van der Waals surface area contributed by atoms with Gasteiger partial charge in [0.1, 0.15) is 6.04 Å². The Balaban J connectivity index is 1.65. The predicted molar refractivity (Wildman–Crippen MR) is 121 cm³/mol. The van der Waals surface area contributed by atoms with Gasteiger partial charge in [0.25, 0.3) is 5.91 Å². The quantitative estimate of drug-likeness (QED) is 0.517. The minimum absolute atomic E-state index is 0.408. The molecular formula is C21H19Cl2N3O3S. The minimum Gasteiger partial charge on any atom is -0.480 e. The number of amides is 1. The van der Waals surface area contributed by atoms with Gasteiger partial charge in [0, 0.05) is 30.1 Å². The van der Waals surface area contributed by atoms with Crippen molar-refractivity contribution in [1.82, 2.24) is 10.3 Å². The van der Waals surface area contributed by atoms with E-state index in [-0.39, 0.29) is 0 Å². The molecule has 1 heterocycles. The van der Waals surface area contributed by atoms with Crippen molar-refractivity contribution >= 4 is 51.5 Å². The molecule has 3 rings (SSSR count). The van der Waals surface area contributed by atoms with Crippen molar-refractivity contribution in [1.29, 1.82) is 0 Å². The highest BCUT2D eigenvalue weighted by Crippen LogP contribution is 2.31. The maximum Gasteiger partial charge on any atom is 0.325 e. The van der Waals surface area contributed by atoms with E-state index in [0.29, 0.717) is 22.2 Å². The fraction of sp³-hybridized carbons (Fsp3) is 0.190. The van der Waals surface area contributed by atoms with Crippen LogP contribution in [0.3, 0.4) is 0 Å². The maximum absolute atomic E-state index is 12.1. The molecule has 0 spiro atoms. The van der Waals surface area contributed by atoms with E-state index in [1.54, 1.807) is 24.3 Å². The number of nitrogens with one attached hydrogen (secondary N) is 1. The Morgan fingerprint density at radius 1 is 1.17 bits per heavy atom. The van der Waals surface area contributed by atoms with Gasteiger partial charge in [0.05, 0.1) is 15.7 Å². The monoisotopic (exact) mass is 463 g/mol. The number of carbonyl (C=O) groups is 2. The van der Waals surface area contributed by atoms with Crippen molar-refractivity contribution in [3.8, 4) is 11.3 Å². The van der Waals surface area contributed by atoms with E-state index in [9.17, 15) is 9.59 Å². The van der Waals surface area contributed by atoms with E-state index in [1.807, 2.05) is 35.5 Å². The lowest BCUT2D eigenvalue weighted by Gasteiger charge is -2.16. The Hall–Kier alpha value is -2.61. The van der Waals surface area contributed by atoms with E-state index in [2.05, 4.69) is 10.3 Å². The van der Waals surface area contributed by atoms with E-state index < -0.39 is 17.9 Å². The summed E-state index contributed by atoms with van der Waals surface area (Å²) in [6.07, 6.45) is 0. The summed E-state index contributed by atoms with van der Waals surface area (Å²) in [5, 5.41) is 15.1. The second-order valence-electron chi connectivity index (χ2n) is 6.73. The fourth-order valence-electron chi connectivity index (χ4n) is 2.67. The third-order valence-electron chi connectivity index (χ3n) is 4.39. The lowest BCUT2D eigenvalue weighted by atomic mass is 10.1. The van der Waals surface area contributed by atoms with Gasteiger partial charge in [-0.15, -0.1) is 11.3 Å². The Labute approximate surface area is 188 Å². The van der Waals surface area contributed by atoms with Crippen LogP contribution in [-0.4, -0.2) is 35.1 Å². The van der Waals surface area contributed by atoms with Crippen molar-refractivity contribution in [2.24, 2.45) is 0 Å². The van der Waals surface area contributed by atoms with Gasteiger partial charge in [-0.05, 0) is 36.8 Å². The van der Waals surface area contributed by atoms with Crippen LogP contribution in [0, 0.1) is 0 Å². The first-order chi connectivity index (χ1) is 14.2. The number of aliphatic carboxylic acids is 1. The lowest BCUT2D eigenvalue weighted by molar-refractivity contribution is -0.138. The van der Waals surface area contributed by atoms with E-state index in [1.165, 1.54) is 18.3 Å². The number of benzene rings is 2. The molecule has 6 nitrogen and oxygen atoms in total. The summed E-state index contributed by atoms with van der Waals surface area (Å²) in [5.74, 6) is -1.50. The third-order valence-corrected chi connectivity index (χ3v) is 6.08. The second-order valence-corrected chi connectivity index (χ2v) is 8.38. The molecule has 0 fully saturated rings. The first-order valence-electron chi connectivity index (χ1n) is 8.99. The zero-order valence-corrected chi connectivity index (χ0v) is 18.6. The Kier molecular flexibility index (Phi) is 6.97. The van der Waals surface area contributed by atoms with E-state index in [4.69, 9.17) is 28.3 Å². The zero-order valence-electron chi connectivity index (χ0n) is 16.2. The number of carboxylic acid groups (broad SMARTS) is 1. The summed E-state index contributed by atoms with van der Waals surface area (Å²) in [6, 6.07) is 11.5. The van der Waals surface area contributed by atoms with Gasteiger partial charge in [0.15, 0.2) is 5.13 Å². The minimum atomic E-state index is -1.08. The summed E-state index contributed by atoms with van der Waals surface area (Å²) in [6.45, 7) is 2.02. The highest BCUT2D eigenvalue weighted by atomic mass is 35.5. The molecule has 1 atom stereocenters.